The Kier molecular flexibility index (Phi) is 5.86. The number of carbonyl (C=O) groups is 1. The third-order valence-electron chi connectivity index (χ3n) is 3.59. The van der Waals surface area contributed by atoms with Crippen molar-refractivity contribution in [3.63, 3.8) is 0 Å². The summed E-state index contributed by atoms with van der Waals surface area (Å²) in [6, 6.07) is 7.52. The minimum Gasteiger partial charge on any atom is -0.493 e. The van der Waals surface area contributed by atoms with Gasteiger partial charge in [0.1, 0.15) is 5.75 Å². The highest BCUT2D eigenvalue weighted by molar-refractivity contribution is 9.10. The predicted octanol–water partition coefficient (Wildman–Crippen LogP) is 2.50. The summed E-state index contributed by atoms with van der Waals surface area (Å²) in [5.41, 5.74) is 0. The molecule has 1 aromatic carbocycles. The Hall–Kier alpha value is -1.07. The van der Waals surface area contributed by atoms with Gasteiger partial charge in [0.15, 0.2) is 0 Å². The van der Waals surface area contributed by atoms with Crippen LogP contribution in [0, 0.1) is 5.92 Å². The van der Waals surface area contributed by atoms with Crippen molar-refractivity contribution >= 4 is 21.8 Å². The molecule has 0 spiro atoms. The van der Waals surface area contributed by atoms with E-state index in [0.29, 0.717) is 19.6 Å². The molecule has 5 heteroatoms. The molecule has 1 saturated carbocycles. The predicted molar refractivity (Wildman–Crippen MR) is 80.6 cm³/mol. The fraction of sp³-hybridized carbons (Fsp3) is 0.533. The van der Waals surface area contributed by atoms with Crippen molar-refractivity contribution in [2.24, 2.45) is 5.92 Å². The molecule has 20 heavy (non-hydrogen) atoms. The molecule has 2 unspecified atom stereocenters. The molecular weight excluding hydrogens is 322 g/mol. The monoisotopic (exact) mass is 341 g/mol. The van der Waals surface area contributed by atoms with Crippen LogP contribution >= 0.6 is 15.9 Å². The average Bonchev–Trinajstić information content (AvgIpc) is 2.84. The zero-order chi connectivity index (χ0) is 14.4. The normalized spacial score (nSPS) is 21.7. The summed E-state index contributed by atoms with van der Waals surface area (Å²) >= 11 is 3.35. The van der Waals surface area contributed by atoms with Gasteiger partial charge in [0.25, 0.3) is 0 Å². The lowest BCUT2D eigenvalue weighted by atomic mass is 10.1. The van der Waals surface area contributed by atoms with Crippen molar-refractivity contribution in [3.05, 3.63) is 28.7 Å². The third-order valence-corrected chi connectivity index (χ3v) is 4.12. The number of nitrogens with one attached hydrogen (secondary N) is 1. The molecule has 110 valence electrons. The summed E-state index contributed by atoms with van der Waals surface area (Å²) in [5, 5.41) is 12.5. The number of aliphatic hydroxyl groups is 1. The van der Waals surface area contributed by atoms with E-state index in [1.165, 1.54) is 0 Å². The molecule has 0 bridgehead atoms. The number of hydrogen-bond acceptors (Lipinski definition) is 3. The summed E-state index contributed by atoms with van der Waals surface area (Å²) in [6.45, 7) is 0.930. The Morgan fingerprint density at radius 3 is 2.75 bits per heavy atom. The summed E-state index contributed by atoms with van der Waals surface area (Å²) in [6.07, 6.45) is 2.98. The molecule has 0 heterocycles. The Morgan fingerprint density at radius 1 is 1.35 bits per heavy atom. The number of amides is 1. The number of carbonyl (C=O) groups excluding carboxylic acids is 1. The van der Waals surface area contributed by atoms with E-state index in [9.17, 15) is 9.90 Å². The average molecular weight is 342 g/mol. The molecule has 1 aromatic rings. The number of hydrogen-bond donors (Lipinski definition) is 2. The van der Waals surface area contributed by atoms with Crippen molar-refractivity contribution in [1.29, 1.82) is 0 Å². The van der Waals surface area contributed by atoms with Crippen molar-refractivity contribution in [1.82, 2.24) is 5.32 Å². The van der Waals surface area contributed by atoms with Gasteiger partial charge in [-0.1, -0.05) is 22.4 Å². The summed E-state index contributed by atoms with van der Waals surface area (Å²) in [7, 11) is 0. The zero-order valence-electron chi connectivity index (χ0n) is 11.3. The van der Waals surface area contributed by atoms with Gasteiger partial charge in [-0.2, -0.15) is 0 Å². The van der Waals surface area contributed by atoms with Gasteiger partial charge in [0.2, 0.25) is 5.91 Å². The molecule has 1 aliphatic carbocycles. The molecule has 1 amide bonds. The van der Waals surface area contributed by atoms with Crippen LogP contribution in [0.1, 0.15) is 25.7 Å². The Balaban J connectivity index is 1.61. The molecule has 4 nitrogen and oxygen atoms in total. The minimum absolute atomic E-state index is 0.0267. The van der Waals surface area contributed by atoms with Gasteiger partial charge in [-0.3, -0.25) is 4.79 Å². The first-order chi connectivity index (χ1) is 9.65. The molecule has 2 N–H and O–H groups in total. The lowest BCUT2D eigenvalue weighted by Gasteiger charge is -2.15. The molecule has 2 rings (SSSR count). The number of benzene rings is 1. The molecule has 2 atom stereocenters. The maximum absolute atomic E-state index is 11.7. The largest absolute Gasteiger partial charge is 0.493 e. The highest BCUT2D eigenvalue weighted by atomic mass is 79.9. The van der Waals surface area contributed by atoms with E-state index >= 15 is 0 Å². The topological polar surface area (TPSA) is 58.6 Å². The highest BCUT2D eigenvalue weighted by Gasteiger charge is 2.25. The van der Waals surface area contributed by atoms with Crippen LogP contribution in [0.2, 0.25) is 0 Å². The highest BCUT2D eigenvalue weighted by Crippen LogP contribution is 2.24. The van der Waals surface area contributed by atoms with E-state index in [4.69, 9.17) is 4.74 Å². The Morgan fingerprint density at radius 2 is 2.10 bits per heavy atom. The molecule has 1 fully saturated rings. The van der Waals surface area contributed by atoms with E-state index < -0.39 is 0 Å². The first-order valence-corrected chi connectivity index (χ1v) is 7.77. The maximum Gasteiger partial charge on any atom is 0.223 e. The van der Waals surface area contributed by atoms with Gasteiger partial charge in [0, 0.05) is 16.9 Å². The quantitative estimate of drug-likeness (QED) is 0.835. The van der Waals surface area contributed by atoms with E-state index in [0.717, 1.165) is 29.5 Å². The number of ether oxygens (including phenoxy) is 1. The van der Waals surface area contributed by atoms with Crippen LogP contribution in [0.3, 0.4) is 0 Å². The fourth-order valence-corrected chi connectivity index (χ4v) is 2.65. The molecule has 1 aliphatic rings. The summed E-state index contributed by atoms with van der Waals surface area (Å²) in [4.78, 5) is 11.7. The van der Waals surface area contributed by atoms with Crippen molar-refractivity contribution in [2.75, 3.05) is 13.2 Å². The molecule has 0 aromatic heterocycles. The van der Waals surface area contributed by atoms with E-state index in [1.54, 1.807) is 0 Å². The van der Waals surface area contributed by atoms with Crippen molar-refractivity contribution in [2.45, 2.75) is 31.8 Å². The SMILES string of the molecule is O=C(CCOc1ccc(Br)cc1)NCC1CCCC1O. The Labute approximate surface area is 127 Å². The minimum atomic E-state index is -0.255. The number of rotatable bonds is 6. The maximum atomic E-state index is 11.7. The van der Waals surface area contributed by atoms with E-state index in [-0.39, 0.29) is 17.9 Å². The van der Waals surface area contributed by atoms with Gasteiger partial charge < -0.3 is 15.2 Å². The number of halogens is 1. The second-order valence-electron chi connectivity index (χ2n) is 5.11. The first kappa shape index (κ1) is 15.3. The second kappa shape index (κ2) is 7.64. The second-order valence-corrected chi connectivity index (χ2v) is 6.03. The standard InChI is InChI=1S/C15H20BrNO3/c16-12-4-6-13(7-5-12)20-9-8-15(19)17-10-11-2-1-3-14(11)18/h4-7,11,14,18H,1-3,8-10H2,(H,17,19). The summed E-state index contributed by atoms with van der Waals surface area (Å²) < 4.78 is 6.49. The van der Waals surface area contributed by atoms with Crippen LogP contribution in [0.15, 0.2) is 28.7 Å². The van der Waals surface area contributed by atoms with Gasteiger partial charge >= 0.3 is 0 Å². The lowest BCUT2D eigenvalue weighted by molar-refractivity contribution is -0.121. The molecule has 0 radical (unpaired) electrons. The summed E-state index contributed by atoms with van der Waals surface area (Å²) in [5.74, 6) is 0.944. The van der Waals surface area contributed by atoms with Gasteiger partial charge in [0.05, 0.1) is 19.1 Å². The van der Waals surface area contributed by atoms with Gasteiger partial charge in [-0.15, -0.1) is 0 Å². The smallest absolute Gasteiger partial charge is 0.223 e. The first-order valence-electron chi connectivity index (χ1n) is 6.98. The molecule has 0 saturated heterocycles. The zero-order valence-corrected chi connectivity index (χ0v) is 12.9. The van der Waals surface area contributed by atoms with Crippen LogP contribution in [0.5, 0.6) is 5.75 Å². The van der Waals surface area contributed by atoms with Crippen LogP contribution in [0.25, 0.3) is 0 Å². The van der Waals surface area contributed by atoms with E-state index in [2.05, 4.69) is 21.2 Å². The van der Waals surface area contributed by atoms with E-state index in [1.807, 2.05) is 24.3 Å². The van der Waals surface area contributed by atoms with Gasteiger partial charge in [-0.05, 0) is 37.1 Å². The number of aliphatic hydroxyl groups excluding tert-OH is 1. The lowest BCUT2D eigenvalue weighted by Crippen LogP contribution is -2.33. The van der Waals surface area contributed by atoms with Crippen LogP contribution < -0.4 is 10.1 Å². The van der Waals surface area contributed by atoms with Crippen molar-refractivity contribution in [3.8, 4) is 5.75 Å². The van der Waals surface area contributed by atoms with Crippen LogP contribution in [-0.2, 0) is 4.79 Å². The fourth-order valence-electron chi connectivity index (χ4n) is 2.38. The molecule has 0 aliphatic heterocycles. The van der Waals surface area contributed by atoms with Crippen LogP contribution in [-0.4, -0.2) is 30.3 Å². The third kappa shape index (κ3) is 4.80. The Bertz CT molecular complexity index is 435. The van der Waals surface area contributed by atoms with Crippen molar-refractivity contribution < 1.29 is 14.6 Å². The van der Waals surface area contributed by atoms with Gasteiger partial charge in [-0.25, -0.2) is 0 Å². The van der Waals surface area contributed by atoms with Crippen LogP contribution in [0.4, 0.5) is 0 Å². The molecular formula is C15H20BrNO3.